The first-order valence-corrected chi connectivity index (χ1v) is 6.40. The SMILES string of the molecule is CCOC(=O)Cc1c[nH]c2ccc(Br)c(Cl)c12. The van der Waals surface area contributed by atoms with Gasteiger partial charge in [-0.1, -0.05) is 11.6 Å². The van der Waals surface area contributed by atoms with Crippen molar-refractivity contribution in [3.63, 3.8) is 0 Å². The highest BCUT2D eigenvalue weighted by atomic mass is 79.9. The number of aromatic nitrogens is 1. The molecule has 17 heavy (non-hydrogen) atoms. The van der Waals surface area contributed by atoms with Gasteiger partial charge in [-0.05, 0) is 40.5 Å². The predicted octanol–water partition coefficient (Wildman–Crippen LogP) is 3.69. The highest BCUT2D eigenvalue weighted by Crippen LogP contribution is 2.33. The molecule has 1 aromatic carbocycles. The summed E-state index contributed by atoms with van der Waals surface area (Å²) in [6.45, 7) is 2.18. The predicted molar refractivity (Wildman–Crippen MR) is 71.3 cm³/mol. The highest BCUT2D eigenvalue weighted by Gasteiger charge is 2.13. The van der Waals surface area contributed by atoms with E-state index in [0.717, 1.165) is 20.9 Å². The molecular formula is C12H11BrClNO2. The number of benzene rings is 1. The van der Waals surface area contributed by atoms with Gasteiger partial charge in [0.05, 0.1) is 18.1 Å². The Balaban J connectivity index is 2.41. The van der Waals surface area contributed by atoms with Crippen molar-refractivity contribution in [1.82, 2.24) is 4.98 Å². The first-order valence-electron chi connectivity index (χ1n) is 5.23. The van der Waals surface area contributed by atoms with Crippen molar-refractivity contribution in [1.29, 1.82) is 0 Å². The van der Waals surface area contributed by atoms with E-state index in [4.69, 9.17) is 16.3 Å². The summed E-state index contributed by atoms with van der Waals surface area (Å²) in [5.41, 5.74) is 1.77. The Labute approximate surface area is 112 Å². The smallest absolute Gasteiger partial charge is 0.310 e. The fourth-order valence-electron chi connectivity index (χ4n) is 1.73. The molecule has 0 amide bonds. The van der Waals surface area contributed by atoms with Gasteiger partial charge in [-0.15, -0.1) is 0 Å². The molecule has 0 saturated carbocycles. The van der Waals surface area contributed by atoms with Crippen LogP contribution in [0.15, 0.2) is 22.8 Å². The quantitative estimate of drug-likeness (QED) is 0.878. The van der Waals surface area contributed by atoms with Crippen LogP contribution in [-0.2, 0) is 16.0 Å². The van der Waals surface area contributed by atoms with E-state index in [-0.39, 0.29) is 12.4 Å². The van der Waals surface area contributed by atoms with Crippen LogP contribution >= 0.6 is 27.5 Å². The summed E-state index contributed by atoms with van der Waals surface area (Å²) >= 11 is 9.58. The van der Waals surface area contributed by atoms with E-state index in [1.807, 2.05) is 12.1 Å². The van der Waals surface area contributed by atoms with Gasteiger partial charge in [0.25, 0.3) is 0 Å². The molecule has 0 fully saturated rings. The van der Waals surface area contributed by atoms with Crippen molar-refractivity contribution in [3.05, 3.63) is 33.4 Å². The van der Waals surface area contributed by atoms with Gasteiger partial charge in [0.15, 0.2) is 0 Å². The molecule has 0 aliphatic carbocycles. The van der Waals surface area contributed by atoms with Gasteiger partial charge in [0, 0.05) is 21.6 Å². The molecule has 90 valence electrons. The van der Waals surface area contributed by atoms with Crippen LogP contribution in [-0.4, -0.2) is 17.6 Å². The molecule has 0 spiro atoms. The Kier molecular flexibility index (Phi) is 3.74. The second-order valence-electron chi connectivity index (χ2n) is 3.58. The number of hydrogen-bond donors (Lipinski definition) is 1. The number of esters is 1. The number of H-pyrrole nitrogens is 1. The monoisotopic (exact) mass is 315 g/mol. The average molecular weight is 317 g/mol. The topological polar surface area (TPSA) is 42.1 Å². The normalized spacial score (nSPS) is 10.8. The first kappa shape index (κ1) is 12.5. The van der Waals surface area contributed by atoms with E-state index < -0.39 is 0 Å². The maximum atomic E-state index is 11.5. The highest BCUT2D eigenvalue weighted by molar-refractivity contribution is 9.10. The lowest BCUT2D eigenvalue weighted by Crippen LogP contribution is -2.07. The summed E-state index contributed by atoms with van der Waals surface area (Å²) in [5.74, 6) is -0.246. The summed E-state index contributed by atoms with van der Waals surface area (Å²) in [4.78, 5) is 14.6. The van der Waals surface area contributed by atoms with Crippen LogP contribution in [0.2, 0.25) is 5.02 Å². The van der Waals surface area contributed by atoms with Crippen molar-refractivity contribution >= 4 is 44.4 Å². The van der Waals surface area contributed by atoms with Gasteiger partial charge in [-0.3, -0.25) is 4.79 Å². The lowest BCUT2D eigenvalue weighted by atomic mass is 10.1. The largest absolute Gasteiger partial charge is 0.466 e. The maximum Gasteiger partial charge on any atom is 0.310 e. The Hall–Kier alpha value is -1.000. The molecule has 0 saturated heterocycles. The van der Waals surface area contributed by atoms with Gasteiger partial charge in [0.1, 0.15) is 0 Å². The van der Waals surface area contributed by atoms with Crippen LogP contribution in [0.25, 0.3) is 10.9 Å². The van der Waals surface area contributed by atoms with Crippen LogP contribution in [0.4, 0.5) is 0 Å². The zero-order chi connectivity index (χ0) is 12.4. The molecule has 0 aliphatic rings. The van der Waals surface area contributed by atoms with E-state index in [0.29, 0.717) is 11.6 Å². The van der Waals surface area contributed by atoms with Gasteiger partial charge in [-0.25, -0.2) is 0 Å². The molecule has 3 nitrogen and oxygen atoms in total. The lowest BCUT2D eigenvalue weighted by molar-refractivity contribution is -0.142. The van der Waals surface area contributed by atoms with Crippen LogP contribution in [0.1, 0.15) is 12.5 Å². The molecule has 1 aromatic heterocycles. The van der Waals surface area contributed by atoms with Gasteiger partial charge in [0.2, 0.25) is 0 Å². The Morgan fingerprint density at radius 3 is 3.00 bits per heavy atom. The maximum absolute atomic E-state index is 11.5. The molecular weight excluding hydrogens is 305 g/mol. The van der Waals surface area contributed by atoms with Crippen LogP contribution < -0.4 is 0 Å². The Morgan fingerprint density at radius 1 is 1.53 bits per heavy atom. The minimum absolute atomic E-state index is 0.226. The van der Waals surface area contributed by atoms with E-state index in [1.165, 1.54) is 0 Å². The number of carbonyl (C=O) groups excluding carboxylic acids is 1. The van der Waals surface area contributed by atoms with Crippen molar-refractivity contribution in [2.45, 2.75) is 13.3 Å². The molecule has 5 heteroatoms. The van der Waals surface area contributed by atoms with E-state index in [1.54, 1.807) is 13.1 Å². The van der Waals surface area contributed by atoms with Crippen LogP contribution in [0.5, 0.6) is 0 Å². The number of halogens is 2. The molecule has 0 aliphatic heterocycles. The van der Waals surface area contributed by atoms with Crippen molar-refractivity contribution in [3.8, 4) is 0 Å². The van der Waals surface area contributed by atoms with Crippen molar-refractivity contribution < 1.29 is 9.53 Å². The summed E-state index contributed by atoms with van der Waals surface area (Å²) in [7, 11) is 0. The molecule has 2 aromatic rings. The number of aromatic amines is 1. The number of nitrogens with one attached hydrogen (secondary N) is 1. The van der Waals surface area contributed by atoms with Crippen LogP contribution in [0, 0.1) is 0 Å². The second-order valence-corrected chi connectivity index (χ2v) is 4.81. The third kappa shape index (κ3) is 2.48. The van der Waals surface area contributed by atoms with E-state index in [2.05, 4.69) is 20.9 Å². The zero-order valence-corrected chi connectivity index (χ0v) is 11.6. The van der Waals surface area contributed by atoms with Gasteiger partial charge >= 0.3 is 5.97 Å². The average Bonchev–Trinajstić information content (AvgIpc) is 2.68. The molecule has 1 N–H and O–H groups in total. The van der Waals surface area contributed by atoms with E-state index in [9.17, 15) is 4.79 Å². The Morgan fingerprint density at radius 2 is 2.29 bits per heavy atom. The molecule has 0 atom stereocenters. The third-order valence-corrected chi connectivity index (χ3v) is 3.74. The van der Waals surface area contributed by atoms with Crippen molar-refractivity contribution in [2.75, 3.05) is 6.61 Å². The number of ether oxygens (including phenoxy) is 1. The molecule has 0 unspecified atom stereocenters. The minimum Gasteiger partial charge on any atom is -0.466 e. The molecule has 2 rings (SSSR count). The molecule has 0 radical (unpaired) electrons. The number of hydrogen-bond acceptors (Lipinski definition) is 2. The number of carbonyl (C=O) groups is 1. The zero-order valence-electron chi connectivity index (χ0n) is 9.22. The fourth-order valence-corrected chi connectivity index (χ4v) is 2.35. The Bertz CT molecular complexity index is 565. The third-order valence-electron chi connectivity index (χ3n) is 2.46. The van der Waals surface area contributed by atoms with Crippen molar-refractivity contribution in [2.24, 2.45) is 0 Å². The van der Waals surface area contributed by atoms with Gasteiger partial charge < -0.3 is 9.72 Å². The number of rotatable bonds is 3. The van der Waals surface area contributed by atoms with Crippen LogP contribution in [0.3, 0.4) is 0 Å². The molecule has 1 heterocycles. The summed E-state index contributed by atoms with van der Waals surface area (Å²) in [6.07, 6.45) is 2.02. The summed E-state index contributed by atoms with van der Waals surface area (Å²) in [5, 5.41) is 1.48. The molecule has 0 bridgehead atoms. The second kappa shape index (κ2) is 5.10. The fraction of sp³-hybridized carbons (Fsp3) is 0.250. The summed E-state index contributed by atoms with van der Waals surface area (Å²) < 4.78 is 5.74. The van der Waals surface area contributed by atoms with Gasteiger partial charge in [-0.2, -0.15) is 0 Å². The number of fused-ring (bicyclic) bond motifs is 1. The summed E-state index contributed by atoms with van der Waals surface area (Å²) in [6, 6.07) is 3.79. The lowest BCUT2D eigenvalue weighted by Gasteiger charge is -2.03. The minimum atomic E-state index is -0.246. The van der Waals surface area contributed by atoms with E-state index >= 15 is 0 Å². The first-order chi connectivity index (χ1) is 8.13. The standard InChI is InChI=1S/C12H11BrClNO2/c1-2-17-10(16)5-7-6-15-9-4-3-8(13)12(14)11(7)9/h3-4,6,15H,2,5H2,1H3.